The van der Waals surface area contributed by atoms with Crippen molar-refractivity contribution in [3.63, 3.8) is 0 Å². The number of fused-ring (bicyclic) bond motifs is 1. The molecule has 1 amide bonds. The Morgan fingerprint density at radius 1 is 1.15 bits per heavy atom. The largest absolute Gasteiger partial charge is 0.348 e. The van der Waals surface area contributed by atoms with Crippen molar-refractivity contribution in [2.45, 2.75) is 51.0 Å². The van der Waals surface area contributed by atoms with Gasteiger partial charge >= 0.3 is 0 Å². The fraction of sp³-hybridized carbons (Fsp3) is 0.545. The fourth-order valence-corrected chi connectivity index (χ4v) is 4.45. The summed E-state index contributed by atoms with van der Waals surface area (Å²) in [5, 5.41) is 7.86. The molecule has 0 bridgehead atoms. The third kappa shape index (κ3) is 4.24. The minimum Gasteiger partial charge on any atom is -0.348 e. The van der Waals surface area contributed by atoms with Crippen LogP contribution in [0.3, 0.4) is 0 Å². The van der Waals surface area contributed by atoms with Gasteiger partial charge in [-0.3, -0.25) is 9.48 Å². The van der Waals surface area contributed by atoms with Crippen LogP contribution in [0, 0.1) is 0 Å². The molecule has 0 saturated carbocycles. The third-order valence-corrected chi connectivity index (χ3v) is 6.02. The van der Waals surface area contributed by atoms with Crippen molar-refractivity contribution in [2.75, 3.05) is 19.6 Å². The van der Waals surface area contributed by atoms with Crippen LogP contribution in [0.25, 0.3) is 0 Å². The number of carbonyl (C=O) groups excluding carboxylic acids is 1. The van der Waals surface area contributed by atoms with E-state index in [-0.39, 0.29) is 11.9 Å². The van der Waals surface area contributed by atoms with E-state index >= 15 is 0 Å². The molecule has 27 heavy (non-hydrogen) atoms. The highest BCUT2D eigenvalue weighted by Crippen LogP contribution is 2.24. The average molecular weight is 367 g/mol. The molecule has 1 saturated heterocycles. The molecule has 5 nitrogen and oxygen atoms in total. The normalized spacial score (nSPS) is 18.3. The van der Waals surface area contributed by atoms with Gasteiger partial charge in [0.25, 0.3) is 5.91 Å². The van der Waals surface area contributed by atoms with Crippen molar-refractivity contribution in [3.8, 4) is 0 Å². The zero-order chi connectivity index (χ0) is 18.6. The van der Waals surface area contributed by atoms with Crippen LogP contribution in [-0.2, 0) is 26.3 Å². The van der Waals surface area contributed by atoms with Gasteiger partial charge in [0.2, 0.25) is 0 Å². The number of nitrogens with zero attached hydrogens (tertiary/aromatic N) is 3. The standard InChI is InChI=1S/C22H30N4O/c1-25-21(19-9-5-6-10-20(19)24-25)22(27)23-18-12-15-26(16-13-18)14-11-17-7-3-2-4-8-17/h2-4,7-8,18H,5-6,9-16H2,1H3,(H,23,27). The minimum atomic E-state index is 0.0656. The number of aromatic nitrogens is 2. The number of likely N-dealkylation sites (tertiary alicyclic amines) is 1. The van der Waals surface area contributed by atoms with Crippen LogP contribution in [0.15, 0.2) is 30.3 Å². The second kappa shape index (κ2) is 8.26. The number of piperidine rings is 1. The summed E-state index contributed by atoms with van der Waals surface area (Å²) in [6.45, 7) is 3.21. The molecule has 2 aliphatic rings. The van der Waals surface area contributed by atoms with Gasteiger partial charge in [-0.15, -0.1) is 0 Å². The molecule has 1 aliphatic heterocycles. The molecule has 0 radical (unpaired) electrons. The Morgan fingerprint density at radius 2 is 1.89 bits per heavy atom. The number of aryl methyl sites for hydroxylation is 2. The highest BCUT2D eigenvalue weighted by atomic mass is 16.2. The molecule has 1 aliphatic carbocycles. The van der Waals surface area contributed by atoms with Crippen molar-refractivity contribution in [1.29, 1.82) is 0 Å². The Hall–Kier alpha value is -2.14. The number of carbonyl (C=O) groups is 1. The Bertz CT molecular complexity index is 775. The van der Waals surface area contributed by atoms with Crippen LogP contribution in [0.2, 0.25) is 0 Å². The summed E-state index contributed by atoms with van der Waals surface area (Å²) >= 11 is 0. The van der Waals surface area contributed by atoms with Gasteiger partial charge < -0.3 is 10.2 Å². The molecule has 1 fully saturated rings. The third-order valence-electron chi connectivity index (χ3n) is 6.02. The van der Waals surface area contributed by atoms with Gasteiger partial charge in [0.05, 0.1) is 5.69 Å². The second-order valence-corrected chi connectivity index (χ2v) is 7.93. The number of benzene rings is 1. The SMILES string of the molecule is Cn1nc2c(c1C(=O)NC1CCN(CCc3ccccc3)CC1)CCCC2. The van der Waals surface area contributed by atoms with Crippen LogP contribution in [0.1, 0.15) is 53.0 Å². The van der Waals surface area contributed by atoms with Gasteiger partial charge in [-0.2, -0.15) is 5.10 Å². The van der Waals surface area contributed by atoms with Gasteiger partial charge in [-0.05, 0) is 50.5 Å². The molecule has 4 rings (SSSR count). The lowest BCUT2D eigenvalue weighted by Gasteiger charge is -2.32. The molecule has 5 heteroatoms. The molecule has 0 spiro atoms. The fourth-order valence-electron chi connectivity index (χ4n) is 4.45. The number of hydrogen-bond donors (Lipinski definition) is 1. The molecule has 1 aromatic heterocycles. The maximum atomic E-state index is 12.9. The smallest absolute Gasteiger partial charge is 0.270 e. The quantitative estimate of drug-likeness (QED) is 0.885. The molecular weight excluding hydrogens is 336 g/mol. The summed E-state index contributed by atoms with van der Waals surface area (Å²) < 4.78 is 1.79. The van der Waals surface area contributed by atoms with E-state index in [4.69, 9.17) is 0 Å². The van der Waals surface area contributed by atoms with Gasteiger partial charge in [-0.1, -0.05) is 30.3 Å². The summed E-state index contributed by atoms with van der Waals surface area (Å²) in [7, 11) is 1.90. The van der Waals surface area contributed by atoms with E-state index in [1.165, 1.54) is 24.0 Å². The first kappa shape index (κ1) is 18.2. The van der Waals surface area contributed by atoms with Crippen LogP contribution in [-0.4, -0.2) is 46.3 Å². The molecule has 1 aromatic carbocycles. The zero-order valence-electron chi connectivity index (χ0n) is 16.3. The van der Waals surface area contributed by atoms with E-state index in [1.807, 2.05) is 7.05 Å². The lowest BCUT2D eigenvalue weighted by atomic mass is 9.95. The van der Waals surface area contributed by atoms with E-state index in [9.17, 15) is 4.79 Å². The first-order chi connectivity index (χ1) is 13.2. The molecule has 2 heterocycles. The molecular formula is C22H30N4O. The topological polar surface area (TPSA) is 50.2 Å². The maximum Gasteiger partial charge on any atom is 0.270 e. The van der Waals surface area contributed by atoms with Crippen molar-refractivity contribution in [3.05, 3.63) is 52.8 Å². The van der Waals surface area contributed by atoms with Crippen molar-refractivity contribution >= 4 is 5.91 Å². The predicted molar refractivity (Wildman–Crippen MR) is 107 cm³/mol. The van der Waals surface area contributed by atoms with Crippen LogP contribution < -0.4 is 5.32 Å². The first-order valence-electron chi connectivity index (χ1n) is 10.3. The lowest BCUT2D eigenvalue weighted by Crippen LogP contribution is -2.45. The molecule has 1 N–H and O–H groups in total. The monoisotopic (exact) mass is 366 g/mol. The molecule has 0 unspecified atom stereocenters. The highest BCUT2D eigenvalue weighted by molar-refractivity contribution is 5.94. The van der Waals surface area contributed by atoms with Crippen molar-refractivity contribution < 1.29 is 4.79 Å². The number of nitrogens with one attached hydrogen (secondary N) is 1. The Morgan fingerprint density at radius 3 is 2.67 bits per heavy atom. The van der Waals surface area contributed by atoms with E-state index < -0.39 is 0 Å². The number of rotatable bonds is 5. The Labute approximate surface area is 161 Å². The van der Waals surface area contributed by atoms with Crippen molar-refractivity contribution in [2.24, 2.45) is 7.05 Å². The first-order valence-corrected chi connectivity index (χ1v) is 10.3. The van der Waals surface area contributed by atoms with Gasteiger partial charge in [-0.25, -0.2) is 0 Å². The Kier molecular flexibility index (Phi) is 5.58. The van der Waals surface area contributed by atoms with E-state index in [0.29, 0.717) is 0 Å². The zero-order valence-corrected chi connectivity index (χ0v) is 16.3. The van der Waals surface area contributed by atoms with E-state index in [2.05, 4.69) is 45.6 Å². The van der Waals surface area contributed by atoms with E-state index in [1.54, 1.807) is 4.68 Å². The van der Waals surface area contributed by atoms with Crippen LogP contribution in [0.4, 0.5) is 0 Å². The summed E-state index contributed by atoms with van der Waals surface area (Å²) in [5.74, 6) is 0.0656. The second-order valence-electron chi connectivity index (χ2n) is 7.93. The predicted octanol–water partition coefficient (Wildman–Crippen LogP) is 2.74. The number of hydrogen-bond acceptors (Lipinski definition) is 3. The van der Waals surface area contributed by atoms with Gasteiger partial charge in [0.1, 0.15) is 5.69 Å². The maximum absolute atomic E-state index is 12.9. The minimum absolute atomic E-state index is 0.0656. The lowest BCUT2D eigenvalue weighted by molar-refractivity contribution is 0.0901. The summed E-state index contributed by atoms with van der Waals surface area (Å²) in [6.07, 6.45) is 7.51. The van der Waals surface area contributed by atoms with Crippen molar-refractivity contribution in [1.82, 2.24) is 20.0 Å². The molecule has 2 aromatic rings. The Balaban J connectivity index is 1.28. The molecule has 144 valence electrons. The summed E-state index contributed by atoms with van der Waals surface area (Å²) in [5.41, 5.74) is 4.50. The van der Waals surface area contributed by atoms with E-state index in [0.717, 1.165) is 63.1 Å². The summed E-state index contributed by atoms with van der Waals surface area (Å²) in [6, 6.07) is 10.9. The van der Waals surface area contributed by atoms with Crippen LogP contribution in [0.5, 0.6) is 0 Å². The average Bonchev–Trinajstić information content (AvgIpc) is 3.04. The summed E-state index contributed by atoms with van der Waals surface area (Å²) in [4.78, 5) is 15.4. The highest BCUT2D eigenvalue weighted by Gasteiger charge is 2.26. The number of amides is 1. The van der Waals surface area contributed by atoms with Crippen LogP contribution >= 0.6 is 0 Å². The van der Waals surface area contributed by atoms with Gasteiger partial charge in [0.15, 0.2) is 0 Å². The van der Waals surface area contributed by atoms with Gasteiger partial charge in [0, 0.05) is 38.3 Å². The molecule has 0 atom stereocenters.